The maximum atomic E-state index is 2.38. The summed E-state index contributed by atoms with van der Waals surface area (Å²) < 4.78 is 0. The number of hydrogen-bond donors (Lipinski definition) is 0. The van der Waals surface area contributed by atoms with E-state index in [0.717, 1.165) is 0 Å². The minimum atomic E-state index is -0.635. The zero-order valence-electron chi connectivity index (χ0n) is 7.11. The Labute approximate surface area is 65.1 Å². The van der Waals surface area contributed by atoms with Crippen LogP contribution in [0.4, 0.5) is 0 Å². The molecule has 0 nitrogen and oxygen atoms in total. The van der Waals surface area contributed by atoms with Crippen LogP contribution in [0.25, 0.3) is 0 Å². The molecule has 0 unspecified atom stereocenters. The van der Waals surface area contributed by atoms with Crippen LogP contribution in [0, 0.1) is 0 Å². The van der Waals surface area contributed by atoms with Gasteiger partial charge >= 0.3 is 64.8 Å². The van der Waals surface area contributed by atoms with Crippen molar-refractivity contribution >= 4 is 16.2 Å². The SMILES string of the molecule is CCC[CH2][Ga]([CH2]C)[CH2]C. The Hall–Kier alpha value is 0.636. The van der Waals surface area contributed by atoms with Gasteiger partial charge in [-0.05, 0) is 0 Å². The van der Waals surface area contributed by atoms with Crippen LogP contribution in [0.3, 0.4) is 0 Å². The van der Waals surface area contributed by atoms with Crippen LogP contribution in [0.5, 0.6) is 0 Å². The van der Waals surface area contributed by atoms with Gasteiger partial charge in [0.15, 0.2) is 0 Å². The van der Waals surface area contributed by atoms with E-state index in [4.69, 9.17) is 0 Å². The van der Waals surface area contributed by atoms with E-state index in [1.807, 2.05) is 0 Å². The predicted octanol–water partition coefficient (Wildman–Crippen LogP) is 3.32. The van der Waals surface area contributed by atoms with E-state index >= 15 is 0 Å². The first-order valence-corrected chi connectivity index (χ1v) is 9.49. The zero-order valence-corrected chi connectivity index (χ0v) is 9.54. The maximum absolute atomic E-state index is 2.38. The van der Waals surface area contributed by atoms with Crippen LogP contribution >= 0.6 is 0 Å². The van der Waals surface area contributed by atoms with E-state index in [9.17, 15) is 0 Å². The molecule has 0 saturated carbocycles. The average Bonchev–Trinajstić information content (AvgIpc) is 1.91. The molecule has 54 valence electrons. The molecular formula is C8H19Ga. The molecule has 0 aliphatic heterocycles. The minimum absolute atomic E-state index is 0.635. The molecule has 0 saturated heterocycles. The van der Waals surface area contributed by atoms with Gasteiger partial charge in [0.2, 0.25) is 0 Å². The van der Waals surface area contributed by atoms with Gasteiger partial charge in [-0.25, -0.2) is 0 Å². The fraction of sp³-hybridized carbons (Fsp3) is 1.00. The summed E-state index contributed by atoms with van der Waals surface area (Å²) in [6.45, 7) is 7.05. The van der Waals surface area contributed by atoms with Crippen molar-refractivity contribution in [2.75, 3.05) is 0 Å². The van der Waals surface area contributed by atoms with E-state index in [1.165, 1.54) is 12.8 Å². The van der Waals surface area contributed by atoms with E-state index in [-0.39, 0.29) is 0 Å². The van der Waals surface area contributed by atoms with E-state index in [1.54, 1.807) is 14.9 Å². The Kier molecular flexibility index (Phi) is 7.23. The van der Waals surface area contributed by atoms with Gasteiger partial charge in [0, 0.05) is 0 Å². The normalized spacial score (nSPS) is 9.67. The van der Waals surface area contributed by atoms with Crippen molar-refractivity contribution in [2.45, 2.75) is 48.5 Å². The first kappa shape index (κ1) is 9.64. The van der Waals surface area contributed by atoms with Crippen LogP contribution in [0.1, 0.15) is 33.6 Å². The molecule has 0 rings (SSSR count). The third-order valence-corrected chi connectivity index (χ3v) is 9.54. The van der Waals surface area contributed by atoms with Crippen molar-refractivity contribution in [3.8, 4) is 0 Å². The van der Waals surface area contributed by atoms with Gasteiger partial charge in [-0.1, -0.05) is 0 Å². The second-order valence-corrected chi connectivity index (χ2v) is 11.1. The first-order chi connectivity index (χ1) is 4.35. The molecule has 0 aromatic heterocycles. The van der Waals surface area contributed by atoms with Crippen molar-refractivity contribution < 1.29 is 0 Å². The predicted molar refractivity (Wildman–Crippen MR) is 46.4 cm³/mol. The van der Waals surface area contributed by atoms with Crippen molar-refractivity contribution in [3.05, 3.63) is 0 Å². The van der Waals surface area contributed by atoms with Gasteiger partial charge in [-0.3, -0.25) is 0 Å². The monoisotopic (exact) mass is 184 g/mol. The standard InChI is InChI=1S/C4H9.2C2H5.Ga/c1-3-4-2;2*1-2;/h1,3-4H2,2H3;2*1H2,2H3;. The molecule has 9 heavy (non-hydrogen) atoms. The van der Waals surface area contributed by atoms with Crippen LogP contribution in [-0.2, 0) is 0 Å². The summed E-state index contributed by atoms with van der Waals surface area (Å²) in [5, 5.41) is 0. The first-order valence-electron chi connectivity index (χ1n) is 4.35. The number of hydrogen-bond acceptors (Lipinski definition) is 0. The van der Waals surface area contributed by atoms with Crippen LogP contribution < -0.4 is 0 Å². The van der Waals surface area contributed by atoms with Crippen LogP contribution in [0.2, 0.25) is 14.9 Å². The fourth-order valence-electron chi connectivity index (χ4n) is 1.19. The van der Waals surface area contributed by atoms with Crippen molar-refractivity contribution in [3.63, 3.8) is 0 Å². The molecule has 1 heteroatoms. The summed E-state index contributed by atoms with van der Waals surface area (Å²) in [5.41, 5.74) is 0. The fourth-order valence-corrected chi connectivity index (χ4v) is 6.18. The van der Waals surface area contributed by atoms with Gasteiger partial charge in [0.05, 0.1) is 0 Å². The van der Waals surface area contributed by atoms with Crippen molar-refractivity contribution in [1.82, 2.24) is 0 Å². The van der Waals surface area contributed by atoms with Gasteiger partial charge in [0.1, 0.15) is 0 Å². The van der Waals surface area contributed by atoms with Gasteiger partial charge in [-0.15, -0.1) is 0 Å². The molecule has 0 aromatic carbocycles. The third-order valence-electron chi connectivity index (χ3n) is 2.12. The third kappa shape index (κ3) is 5.10. The Morgan fingerprint density at radius 2 is 1.56 bits per heavy atom. The molecule has 0 bridgehead atoms. The summed E-state index contributed by atoms with van der Waals surface area (Å²) >= 11 is -0.635. The van der Waals surface area contributed by atoms with Gasteiger partial charge in [-0.2, -0.15) is 0 Å². The van der Waals surface area contributed by atoms with Crippen molar-refractivity contribution in [2.24, 2.45) is 0 Å². The summed E-state index contributed by atoms with van der Waals surface area (Å²) in [4.78, 5) is 4.75. The molecule has 0 aliphatic rings. The molecule has 0 N–H and O–H groups in total. The number of unbranched alkanes of at least 4 members (excludes halogenated alkanes) is 1. The summed E-state index contributed by atoms with van der Waals surface area (Å²) in [7, 11) is 0. The van der Waals surface area contributed by atoms with Crippen molar-refractivity contribution in [1.29, 1.82) is 0 Å². The summed E-state index contributed by atoms with van der Waals surface area (Å²) in [6.07, 6.45) is 2.91. The Morgan fingerprint density at radius 1 is 1.00 bits per heavy atom. The quantitative estimate of drug-likeness (QED) is 0.576. The summed E-state index contributed by atoms with van der Waals surface area (Å²) in [5.74, 6) is 0. The Bertz CT molecular complexity index is 48.5. The van der Waals surface area contributed by atoms with E-state index < -0.39 is 16.2 Å². The average molecular weight is 185 g/mol. The zero-order chi connectivity index (χ0) is 7.11. The topological polar surface area (TPSA) is 0 Å². The molecule has 0 aliphatic carbocycles. The molecule has 0 amide bonds. The molecular weight excluding hydrogens is 166 g/mol. The Morgan fingerprint density at radius 3 is 1.89 bits per heavy atom. The van der Waals surface area contributed by atoms with Gasteiger partial charge in [0.25, 0.3) is 0 Å². The second kappa shape index (κ2) is 6.75. The molecule has 0 atom stereocenters. The molecule has 0 fully saturated rings. The summed E-state index contributed by atoms with van der Waals surface area (Å²) in [6, 6.07) is 0. The van der Waals surface area contributed by atoms with Crippen LogP contribution in [-0.4, -0.2) is 16.2 Å². The number of rotatable bonds is 5. The molecule has 0 spiro atoms. The molecule has 0 radical (unpaired) electrons. The molecule has 0 aromatic rings. The van der Waals surface area contributed by atoms with E-state index in [2.05, 4.69) is 20.8 Å². The molecule has 0 heterocycles. The van der Waals surface area contributed by atoms with Crippen LogP contribution in [0.15, 0.2) is 0 Å². The van der Waals surface area contributed by atoms with Gasteiger partial charge < -0.3 is 0 Å². The second-order valence-electron chi connectivity index (χ2n) is 2.82. The Balaban J connectivity index is 3.09. The van der Waals surface area contributed by atoms with E-state index in [0.29, 0.717) is 0 Å².